The molecule has 0 aliphatic heterocycles. The lowest BCUT2D eigenvalue weighted by atomic mass is 10.2. The predicted molar refractivity (Wildman–Crippen MR) is 146 cm³/mol. The number of para-hydroxylation sites is 1. The number of nitrogens with zero attached hydrogens (tertiary/aromatic N) is 3. The van der Waals surface area contributed by atoms with E-state index in [1.54, 1.807) is 72.9 Å². The third-order valence-corrected chi connectivity index (χ3v) is 6.21. The molecule has 0 radical (unpaired) electrons. The number of aromatic nitrogens is 2. The van der Waals surface area contributed by atoms with E-state index in [-0.39, 0.29) is 17.2 Å². The molecular weight excluding hydrogens is 505 g/mol. The zero-order chi connectivity index (χ0) is 26.1. The molecule has 0 aliphatic carbocycles. The van der Waals surface area contributed by atoms with E-state index in [9.17, 15) is 9.18 Å². The van der Waals surface area contributed by atoms with Crippen LogP contribution >= 0.6 is 11.6 Å². The zero-order valence-electron chi connectivity index (χ0n) is 19.8. The van der Waals surface area contributed by atoms with Crippen molar-refractivity contribution in [2.75, 3.05) is 0 Å². The number of furan rings is 1. The number of rotatable bonds is 6. The molecule has 2 aromatic heterocycles. The Morgan fingerprint density at radius 3 is 2.58 bits per heavy atom. The normalized spacial score (nSPS) is 11.5. The highest BCUT2D eigenvalue weighted by Crippen LogP contribution is 2.29. The Morgan fingerprint density at radius 2 is 1.76 bits per heavy atom. The lowest BCUT2D eigenvalue weighted by Crippen LogP contribution is -2.20. The van der Waals surface area contributed by atoms with Gasteiger partial charge in [0.25, 0.3) is 5.56 Å². The molecule has 0 N–H and O–H groups in total. The van der Waals surface area contributed by atoms with Crippen LogP contribution in [0.25, 0.3) is 33.5 Å². The summed E-state index contributed by atoms with van der Waals surface area (Å²) in [6.07, 6.45) is 1.57. The predicted octanol–water partition coefficient (Wildman–Crippen LogP) is 7.06. The first-order chi connectivity index (χ1) is 18.5. The Hall–Kier alpha value is -4.75. The topological polar surface area (TPSA) is 69.6 Å². The minimum atomic E-state index is -0.320. The summed E-state index contributed by atoms with van der Waals surface area (Å²) >= 11 is 6.14. The molecule has 0 fully saturated rings. The Bertz CT molecular complexity index is 1860. The van der Waals surface area contributed by atoms with Gasteiger partial charge >= 0.3 is 0 Å². The second-order valence-electron chi connectivity index (χ2n) is 8.59. The molecule has 0 aliphatic rings. The minimum absolute atomic E-state index is 0.275. The Morgan fingerprint density at radius 1 is 0.974 bits per heavy atom. The van der Waals surface area contributed by atoms with Crippen molar-refractivity contribution in [2.45, 2.75) is 6.61 Å². The lowest BCUT2D eigenvalue weighted by Gasteiger charge is -2.08. The van der Waals surface area contributed by atoms with Crippen LogP contribution in [0.1, 0.15) is 11.1 Å². The minimum Gasteiger partial charge on any atom is -0.489 e. The molecule has 6 aromatic rings. The van der Waals surface area contributed by atoms with E-state index >= 15 is 0 Å². The van der Waals surface area contributed by atoms with Crippen molar-refractivity contribution in [1.82, 2.24) is 9.66 Å². The van der Waals surface area contributed by atoms with Crippen LogP contribution in [0.3, 0.4) is 0 Å². The van der Waals surface area contributed by atoms with Gasteiger partial charge in [0.1, 0.15) is 23.8 Å². The summed E-state index contributed by atoms with van der Waals surface area (Å²) in [6, 6.07) is 27.6. The number of hydrogen-bond acceptors (Lipinski definition) is 5. The van der Waals surface area contributed by atoms with E-state index in [2.05, 4.69) is 10.1 Å². The van der Waals surface area contributed by atoms with Gasteiger partial charge in [0.05, 0.1) is 17.1 Å². The summed E-state index contributed by atoms with van der Waals surface area (Å²) in [7, 11) is 0. The first-order valence-corrected chi connectivity index (χ1v) is 12.1. The quantitative estimate of drug-likeness (QED) is 0.219. The number of ether oxygens (including phenoxy) is 1. The smallest absolute Gasteiger partial charge is 0.282 e. The third kappa shape index (κ3) is 4.79. The summed E-state index contributed by atoms with van der Waals surface area (Å²) in [5.41, 5.74) is 2.46. The number of hydrogen-bond donors (Lipinski definition) is 0. The average molecular weight is 524 g/mol. The Balaban J connectivity index is 1.32. The molecule has 6 nitrogen and oxygen atoms in total. The van der Waals surface area contributed by atoms with Gasteiger partial charge in [0.15, 0.2) is 5.76 Å². The van der Waals surface area contributed by atoms with E-state index in [1.165, 1.54) is 16.8 Å². The molecule has 2 heterocycles. The van der Waals surface area contributed by atoms with Gasteiger partial charge < -0.3 is 9.15 Å². The first-order valence-electron chi connectivity index (χ1n) is 11.8. The van der Waals surface area contributed by atoms with Crippen molar-refractivity contribution in [2.24, 2.45) is 5.10 Å². The van der Waals surface area contributed by atoms with Crippen molar-refractivity contribution in [3.8, 4) is 17.3 Å². The van der Waals surface area contributed by atoms with Crippen LogP contribution in [0.4, 0.5) is 4.39 Å². The maximum atomic E-state index is 13.4. The summed E-state index contributed by atoms with van der Waals surface area (Å²) in [6.45, 7) is 0.317. The SMILES string of the molecule is O=c1c2ccccc2nc(-c2cc3cc(Cl)ccc3o2)n1N=Cc1ccc(OCc2ccc(F)cc2)cc1. The molecule has 0 saturated heterocycles. The highest BCUT2D eigenvalue weighted by molar-refractivity contribution is 6.31. The molecular formula is C30H19ClFN3O3. The second kappa shape index (κ2) is 9.95. The van der Waals surface area contributed by atoms with Crippen LogP contribution in [0.2, 0.25) is 5.02 Å². The van der Waals surface area contributed by atoms with Crippen LogP contribution < -0.4 is 10.3 Å². The van der Waals surface area contributed by atoms with Crippen LogP contribution in [0, 0.1) is 5.82 Å². The van der Waals surface area contributed by atoms with Gasteiger partial charge in [-0.3, -0.25) is 4.79 Å². The first kappa shape index (κ1) is 23.6. The van der Waals surface area contributed by atoms with Gasteiger partial charge in [-0.15, -0.1) is 0 Å². The van der Waals surface area contributed by atoms with Gasteiger partial charge in [0, 0.05) is 10.4 Å². The molecule has 186 valence electrons. The Labute approximate surface area is 221 Å². The molecule has 0 bridgehead atoms. The van der Waals surface area contributed by atoms with Crippen molar-refractivity contribution < 1.29 is 13.5 Å². The molecule has 38 heavy (non-hydrogen) atoms. The molecule has 0 saturated carbocycles. The number of halogens is 2. The molecule has 6 rings (SSSR count). The van der Waals surface area contributed by atoms with Crippen molar-refractivity contribution in [1.29, 1.82) is 0 Å². The van der Waals surface area contributed by atoms with Crippen LogP contribution in [-0.4, -0.2) is 15.9 Å². The van der Waals surface area contributed by atoms with Crippen molar-refractivity contribution in [3.63, 3.8) is 0 Å². The largest absolute Gasteiger partial charge is 0.489 e. The maximum Gasteiger partial charge on any atom is 0.282 e. The summed E-state index contributed by atoms with van der Waals surface area (Å²) < 4.78 is 26.1. The van der Waals surface area contributed by atoms with E-state index < -0.39 is 0 Å². The van der Waals surface area contributed by atoms with Gasteiger partial charge in [-0.1, -0.05) is 35.9 Å². The zero-order valence-corrected chi connectivity index (χ0v) is 20.6. The number of benzene rings is 4. The maximum absolute atomic E-state index is 13.4. The van der Waals surface area contributed by atoms with Gasteiger partial charge in [-0.25, -0.2) is 9.37 Å². The van der Waals surface area contributed by atoms with E-state index in [0.717, 1.165) is 16.5 Å². The van der Waals surface area contributed by atoms with Crippen molar-refractivity contribution in [3.05, 3.63) is 129 Å². The standard InChI is InChI=1S/C30H19ClFN3O3/c31-22-9-14-27-21(15-22)16-28(38-27)29-34-26-4-2-1-3-25(26)30(36)35(29)33-17-19-7-12-24(13-8-19)37-18-20-5-10-23(32)11-6-20/h1-17H,18H2. The Kier molecular flexibility index (Phi) is 6.19. The lowest BCUT2D eigenvalue weighted by molar-refractivity contribution is 0.306. The molecule has 4 aromatic carbocycles. The van der Waals surface area contributed by atoms with Crippen LogP contribution in [0.15, 0.2) is 111 Å². The summed E-state index contributed by atoms with van der Waals surface area (Å²) in [5.74, 6) is 1.03. The average Bonchev–Trinajstić information content (AvgIpc) is 3.36. The monoisotopic (exact) mass is 523 g/mol. The van der Waals surface area contributed by atoms with Crippen LogP contribution in [0.5, 0.6) is 5.75 Å². The highest BCUT2D eigenvalue weighted by atomic mass is 35.5. The molecule has 0 amide bonds. The van der Waals surface area contributed by atoms with Crippen LogP contribution in [-0.2, 0) is 6.61 Å². The summed E-state index contributed by atoms with van der Waals surface area (Å²) in [4.78, 5) is 18.1. The third-order valence-electron chi connectivity index (χ3n) is 5.97. The fraction of sp³-hybridized carbons (Fsp3) is 0.0333. The van der Waals surface area contributed by atoms with Gasteiger partial charge in [-0.05, 0) is 83.9 Å². The van der Waals surface area contributed by atoms with E-state index in [4.69, 9.17) is 20.8 Å². The molecule has 0 atom stereocenters. The van der Waals surface area contributed by atoms with E-state index in [1.807, 2.05) is 18.2 Å². The van der Waals surface area contributed by atoms with Gasteiger partial charge in [-0.2, -0.15) is 9.78 Å². The van der Waals surface area contributed by atoms with Crippen molar-refractivity contribution >= 4 is 39.7 Å². The van der Waals surface area contributed by atoms with E-state index in [0.29, 0.717) is 39.6 Å². The molecule has 8 heteroatoms. The summed E-state index contributed by atoms with van der Waals surface area (Å²) in [5, 5.41) is 6.29. The molecule has 0 unspecified atom stereocenters. The number of fused-ring (bicyclic) bond motifs is 2. The fourth-order valence-electron chi connectivity index (χ4n) is 4.04. The van der Waals surface area contributed by atoms with Gasteiger partial charge in [0.2, 0.25) is 5.82 Å². The second-order valence-corrected chi connectivity index (χ2v) is 9.03. The fourth-order valence-corrected chi connectivity index (χ4v) is 4.22. The molecule has 0 spiro atoms. The highest BCUT2D eigenvalue weighted by Gasteiger charge is 2.16.